The lowest BCUT2D eigenvalue weighted by molar-refractivity contribution is -0.122. The Morgan fingerprint density at radius 1 is 1.11 bits per heavy atom. The number of aryl methyl sites for hydroxylation is 2. The van der Waals surface area contributed by atoms with Crippen molar-refractivity contribution in [1.29, 1.82) is 0 Å². The minimum atomic E-state index is -0.470. The predicted octanol–water partition coefficient (Wildman–Crippen LogP) is 3.73. The Kier molecular flexibility index (Phi) is 5.88. The summed E-state index contributed by atoms with van der Waals surface area (Å²) in [5, 5.41) is 7.19. The van der Waals surface area contributed by atoms with Crippen LogP contribution in [0, 0.1) is 13.8 Å². The second-order valence-electron chi connectivity index (χ2n) is 6.30. The highest BCUT2D eigenvalue weighted by Gasteiger charge is 2.15. The molecule has 1 aromatic heterocycles. The molecule has 8 heteroatoms. The van der Waals surface area contributed by atoms with Crippen molar-refractivity contribution in [3.63, 3.8) is 0 Å². The van der Waals surface area contributed by atoms with Gasteiger partial charge in [-0.15, -0.1) is 0 Å². The van der Waals surface area contributed by atoms with Gasteiger partial charge in [-0.25, -0.2) is 4.98 Å². The third-order valence-corrected chi connectivity index (χ3v) is 4.98. The molecular formula is C19H21N5OS2. The average Bonchev–Trinajstić information content (AvgIpc) is 3.00. The van der Waals surface area contributed by atoms with E-state index in [0.29, 0.717) is 10.2 Å². The van der Waals surface area contributed by atoms with Crippen LogP contribution in [-0.2, 0) is 4.79 Å². The average molecular weight is 400 g/mol. The van der Waals surface area contributed by atoms with E-state index in [1.165, 1.54) is 11.3 Å². The highest BCUT2D eigenvalue weighted by molar-refractivity contribution is 7.80. The number of anilines is 2. The van der Waals surface area contributed by atoms with Gasteiger partial charge in [-0.05, 0) is 68.4 Å². The first kappa shape index (κ1) is 19.1. The molecule has 0 unspecified atom stereocenters. The molecular weight excluding hydrogens is 378 g/mol. The van der Waals surface area contributed by atoms with Crippen LogP contribution in [-0.4, -0.2) is 22.0 Å². The largest absolute Gasteiger partial charge is 0.350 e. The first-order valence-electron chi connectivity index (χ1n) is 8.48. The molecule has 0 aliphatic heterocycles. The lowest BCUT2D eigenvalue weighted by Gasteiger charge is -2.16. The van der Waals surface area contributed by atoms with E-state index < -0.39 is 6.04 Å². The van der Waals surface area contributed by atoms with Gasteiger partial charge in [0.25, 0.3) is 5.91 Å². The minimum absolute atomic E-state index is 0.237. The van der Waals surface area contributed by atoms with Gasteiger partial charge in [-0.3, -0.25) is 15.6 Å². The van der Waals surface area contributed by atoms with Gasteiger partial charge in [0.1, 0.15) is 6.04 Å². The normalized spacial score (nSPS) is 11.7. The standard InChI is InChI=1S/C19H21N5OS2/c1-11-8-12(2)10-14(9-11)21-18(26)24-23-17(25)13(3)20-19-22-15-6-4-5-7-16(15)27-19/h4-10,13H,1-3H3,(H,20,22)(H,23,25)(H2,21,24,26)/t13-/m0/s1. The predicted molar refractivity (Wildman–Crippen MR) is 116 cm³/mol. The second kappa shape index (κ2) is 8.32. The summed E-state index contributed by atoms with van der Waals surface area (Å²) in [5.41, 5.74) is 9.39. The molecule has 0 radical (unpaired) electrons. The van der Waals surface area contributed by atoms with E-state index in [0.717, 1.165) is 27.0 Å². The second-order valence-corrected chi connectivity index (χ2v) is 7.74. The van der Waals surface area contributed by atoms with Crippen molar-refractivity contribution in [3.05, 3.63) is 53.6 Å². The van der Waals surface area contributed by atoms with Gasteiger partial charge in [0.15, 0.2) is 10.2 Å². The molecule has 0 bridgehead atoms. The van der Waals surface area contributed by atoms with E-state index in [4.69, 9.17) is 12.2 Å². The lowest BCUT2D eigenvalue weighted by atomic mass is 10.1. The monoisotopic (exact) mass is 399 g/mol. The molecule has 0 fully saturated rings. The number of carbonyl (C=O) groups is 1. The van der Waals surface area contributed by atoms with Crippen molar-refractivity contribution in [3.8, 4) is 0 Å². The highest BCUT2D eigenvalue weighted by atomic mass is 32.1. The zero-order valence-corrected chi connectivity index (χ0v) is 16.9. The van der Waals surface area contributed by atoms with Crippen molar-refractivity contribution in [2.45, 2.75) is 26.8 Å². The molecule has 6 nitrogen and oxygen atoms in total. The fourth-order valence-electron chi connectivity index (χ4n) is 2.62. The summed E-state index contributed by atoms with van der Waals surface area (Å²) in [4.78, 5) is 16.8. The number of hydrazine groups is 1. The van der Waals surface area contributed by atoms with Crippen molar-refractivity contribution in [1.82, 2.24) is 15.8 Å². The van der Waals surface area contributed by atoms with Crippen molar-refractivity contribution >= 4 is 55.6 Å². The van der Waals surface area contributed by atoms with Crippen molar-refractivity contribution < 1.29 is 4.79 Å². The van der Waals surface area contributed by atoms with Crippen LogP contribution >= 0.6 is 23.6 Å². The Hall–Kier alpha value is -2.71. The van der Waals surface area contributed by atoms with Crippen LogP contribution in [0.2, 0.25) is 0 Å². The SMILES string of the molecule is Cc1cc(C)cc(NC(=S)NNC(=O)[C@H](C)Nc2nc3ccccc3s2)c1. The van der Waals surface area contributed by atoms with Gasteiger partial charge in [0.05, 0.1) is 10.2 Å². The number of hydrogen-bond donors (Lipinski definition) is 4. The van der Waals surface area contributed by atoms with Gasteiger partial charge < -0.3 is 10.6 Å². The molecule has 1 atom stereocenters. The maximum atomic E-state index is 12.3. The Bertz CT molecular complexity index is 932. The highest BCUT2D eigenvalue weighted by Crippen LogP contribution is 2.25. The number of para-hydroxylation sites is 1. The van der Waals surface area contributed by atoms with Gasteiger partial charge in [0, 0.05) is 5.69 Å². The molecule has 3 rings (SSSR count). The fourth-order valence-corrected chi connectivity index (χ4v) is 3.74. The summed E-state index contributed by atoms with van der Waals surface area (Å²) in [6, 6.07) is 13.4. The lowest BCUT2D eigenvalue weighted by Crippen LogP contribution is -2.49. The number of thiocarbonyl (C=S) groups is 1. The smallest absolute Gasteiger partial charge is 0.260 e. The number of benzene rings is 2. The van der Waals surface area contributed by atoms with Crippen LogP contribution in [0.25, 0.3) is 10.2 Å². The zero-order chi connectivity index (χ0) is 19.4. The molecule has 4 N–H and O–H groups in total. The summed E-state index contributed by atoms with van der Waals surface area (Å²) in [7, 11) is 0. The van der Waals surface area contributed by atoms with Crippen LogP contribution in [0.15, 0.2) is 42.5 Å². The molecule has 27 heavy (non-hydrogen) atoms. The van der Waals surface area contributed by atoms with Crippen LogP contribution in [0.4, 0.5) is 10.8 Å². The third kappa shape index (κ3) is 5.15. The number of aromatic nitrogens is 1. The van der Waals surface area contributed by atoms with E-state index >= 15 is 0 Å². The van der Waals surface area contributed by atoms with Crippen molar-refractivity contribution in [2.24, 2.45) is 0 Å². The van der Waals surface area contributed by atoms with Gasteiger partial charge in [-0.1, -0.05) is 29.5 Å². The zero-order valence-electron chi connectivity index (χ0n) is 15.3. The molecule has 0 saturated carbocycles. The number of nitrogens with zero attached hydrogens (tertiary/aromatic N) is 1. The maximum absolute atomic E-state index is 12.3. The van der Waals surface area contributed by atoms with E-state index in [9.17, 15) is 4.79 Å². The number of rotatable bonds is 4. The van der Waals surface area contributed by atoms with Crippen LogP contribution < -0.4 is 21.5 Å². The summed E-state index contributed by atoms with van der Waals surface area (Å²) >= 11 is 6.74. The Morgan fingerprint density at radius 2 is 1.81 bits per heavy atom. The molecule has 1 amide bonds. The summed E-state index contributed by atoms with van der Waals surface area (Å²) in [6.45, 7) is 5.81. The number of hydrogen-bond acceptors (Lipinski definition) is 5. The first-order chi connectivity index (χ1) is 12.9. The summed E-state index contributed by atoms with van der Waals surface area (Å²) < 4.78 is 1.07. The molecule has 0 aliphatic rings. The van der Waals surface area contributed by atoms with Crippen LogP contribution in [0.3, 0.4) is 0 Å². The van der Waals surface area contributed by atoms with E-state index in [-0.39, 0.29) is 5.91 Å². The number of fused-ring (bicyclic) bond motifs is 1. The fraction of sp³-hybridized carbons (Fsp3) is 0.211. The van der Waals surface area contributed by atoms with Crippen molar-refractivity contribution in [2.75, 3.05) is 10.6 Å². The molecule has 1 heterocycles. The maximum Gasteiger partial charge on any atom is 0.260 e. The van der Waals surface area contributed by atoms with Crippen LogP contribution in [0.5, 0.6) is 0 Å². The molecule has 0 spiro atoms. The molecule has 140 valence electrons. The topological polar surface area (TPSA) is 78.1 Å². The molecule has 0 aliphatic carbocycles. The van der Waals surface area contributed by atoms with Gasteiger partial charge >= 0.3 is 0 Å². The number of carbonyl (C=O) groups excluding carboxylic acids is 1. The van der Waals surface area contributed by atoms with E-state index in [1.807, 2.05) is 50.2 Å². The number of amides is 1. The van der Waals surface area contributed by atoms with Gasteiger partial charge in [-0.2, -0.15) is 0 Å². The Labute approximate surface area is 167 Å². The minimum Gasteiger partial charge on any atom is -0.350 e. The molecule has 2 aromatic carbocycles. The summed E-state index contributed by atoms with van der Waals surface area (Å²) in [5.74, 6) is -0.237. The molecule has 3 aromatic rings. The Balaban J connectivity index is 1.51. The Morgan fingerprint density at radius 3 is 2.52 bits per heavy atom. The van der Waals surface area contributed by atoms with E-state index in [1.54, 1.807) is 6.92 Å². The summed E-state index contributed by atoms with van der Waals surface area (Å²) in [6.07, 6.45) is 0. The molecule has 0 saturated heterocycles. The number of nitrogens with one attached hydrogen (secondary N) is 4. The third-order valence-electron chi connectivity index (χ3n) is 3.81. The van der Waals surface area contributed by atoms with Crippen LogP contribution in [0.1, 0.15) is 18.1 Å². The van der Waals surface area contributed by atoms with Gasteiger partial charge in [0.2, 0.25) is 0 Å². The number of thiazole rings is 1. The van der Waals surface area contributed by atoms with E-state index in [2.05, 4.69) is 32.5 Å². The quantitative estimate of drug-likeness (QED) is 0.396. The first-order valence-corrected chi connectivity index (χ1v) is 9.70.